The normalized spacial score (nSPS) is 15.2. The molecule has 8 nitrogen and oxygen atoms in total. The Hall–Kier alpha value is -1.69. The van der Waals surface area contributed by atoms with Crippen molar-refractivity contribution in [2.45, 2.75) is 20.4 Å². The van der Waals surface area contributed by atoms with Crippen molar-refractivity contribution in [2.75, 3.05) is 31.1 Å². The lowest BCUT2D eigenvalue weighted by atomic mass is 10.3. The summed E-state index contributed by atoms with van der Waals surface area (Å²) in [5.74, 6) is 0.827. The molecular weight excluding hydrogens is 465 g/mol. The molecule has 0 bridgehead atoms. The Balaban J connectivity index is 0.00000243. The zero-order valence-corrected chi connectivity index (χ0v) is 18.3. The van der Waals surface area contributed by atoms with Crippen molar-refractivity contribution >= 4 is 52.9 Å². The van der Waals surface area contributed by atoms with Crippen molar-refractivity contribution in [1.82, 2.24) is 25.0 Å². The molecule has 2 aromatic heterocycles. The Morgan fingerprint density at radius 1 is 1.42 bits per heavy atom. The number of hydrogen-bond acceptors (Lipinski definition) is 5. The van der Waals surface area contributed by atoms with Gasteiger partial charge in [0.1, 0.15) is 6.54 Å². The van der Waals surface area contributed by atoms with Gasteiger partial charge in [-0.3, -0.25) is 9.48 Å². The molecule has 3 heterocycles. The number of hydrogen-bond donors (Lipinski definition) is 1. The van der Waals surface area contributed by atoms with Gasteiger partial charge in [-0.05, 0) is 13.8 Å². The molecule has 0 saturated carbocycles. The van der Waals surface area contributed by atoms with Gasteiger partial charge in [-0.15, -0.1) is 35.3 Å². The van der Waals surface area contributed by atoms with Crippen LogP contribution in [0.1, 0.15) is 17.5 Å². The Morgan fingerprint density at radius 3 is 2.81 bits per heavy atom. The lowest BCUT2D eigenvalue weighted by Crippen LogP contribution is -2.55. The van der Waals surface area contributed by atoms with Crippen LogP contribution in [0.4, 0.5) is 5.69 Å². The van der Waals surface area contributed by atoms with Crippen LogP contribution < -0.4 is 10.2 Å². The number of halogens is 1. The van der Waals surface area contributed by atoms with E-state index in [1.807, 2.05) is 37.5 Å². The number of aryl methyl sites for hydroxylation is 2. The molecule has 2 aromatic rings. The van der Waals surface area contributed by atoms with Crippen molar-refractivity contribution in [2.24, 2.45) is 12.0 Å². The van der Waals surface area contributed by atoms with E-state index in [0.29, 0.717) is 19.6 Å². The molecule has 142 valence electrons. The zero-order valence-electron chi connectivity index (χ0n) is 15.2. The van der Waals surface area contributed by atoms with E-state index in [2.05, 4.69) is 15.4 Å². The number of nitrogens with zero attached hydrogens (tertiary/aromatic N) is 6. The Labute approximate surface area is 174 Å². The van der Waals surface area contributed by atoms with E-state index in [9.17, 15) is 4.79 Å². The van der Waals surface area contributed by atoms with Crippen LogP contribution in [-0.4, -0.2) is 57.7 Å². The van der Waals surface area contributed by atoms with Crippen LogP contribution in [-0.2, 0) is 18.4 Å². The number of anilines is 1. The maximum Gasteiger partial charge on any atom is 0.246 e. The first kappa shape index (κ1) is 20.6. The first-order valence-electron chi connectivity index (χ1n) is 8.29. The number of aromatic nitrogens is 3. The van der Waals surface area contributed by atoms with Crippen LogP contribution in [0.25, 0.3) is 0 Å². The van der Waals surface area contributed by atoms with Crippen molar-refractivity contribution in [1.29, 1.82) is 0 Å². The molecular formula is C16H24IN7OS. The number of thiazole rings is 1. The van der Waals surface area contributed by atoms with E-state index < -0.39 is 0 Å². The summed E-state index contributed by atoms with van der Waals surface area (Å²) in [6, 6.07) is 0. The van der Waals surface area contributed by atoms with Crippen LogP contribution in [0.3, 0.4) is 0 Å². The molecule has 0 aliphatic carbocycles. The molecule has 1 amide bonds. The summed E-state index contributed by atoms with van der Waals surface area (Å²) >= 11 is 1.61. The minimum absolute atomic E-state index is 0. The van der Waals surface area contributed by atoms with E-state index in [1.54, 1.807) is 27.1 Å². The van der Waals surface area contributed by atoms with Gasteiger partial charge in [0.25, 0.3) is 0 Å². The van der Waals surface area contributed by atoms with E-state index in [1.165, 1.54) is 0 Å². The highest BCUT2D eigenvalue weighted by Crippen LogP contribution is 2.17. The molecule has 0 radical (unpaired) electrons. The second-order valence-electron chi connectivity index (χ2n) is 5.87. The van der Waals surface area contributed by atoms with Crippen molar-refractivity contribution < 1.29 is 4.79 Å². The predicted molar refractivity (Wildman–Crippen MR) is 114 cm³/mol. The number of rotatable bonds is 4. The van der Waals surface area contributed by atoms with Crippen LogP contribution >= 0.6 is 35.3 Å². The predicted octanol–water partition coefficient (Wildman–Crippen LogP) is 1.62. The van der Waals surface area contributed by atoms with Gasteiger partial charge in [0.2, 0.25) is 5.91 Å². The van der Waals surface area contributed by atoms with Crippen LogP contribution in [0, 0.1) is 6.92 Å². The molecule has 1 saturated heterocycles. The van der Waals surface area contributed by atoms with Crippen molar-refractivity contribution in [3.05, 3.63) is 28.5 Å². The molecule has 26 heavy (non-hydrogen) atoms. The summed E-state index contributed by atoms with van der Waals surface area (Å²) in [6.45, 7) is 7.02. The molecule has 1 aliphatic heterocycles. The maximum atomic E-state index is 12.6. The topological polar surface area (TPSA) is 78.7 Å². The number of carbonyl (C=O) groups excluding carboxylic acids is 1. The van der Waals surface area contributed by atoms with Gasteiger partial charge in [-0.2, -0.15) is 5.10 Å². The minimum atomic E-state index is 0. The fraction of sp³-hybridized carbons (Fsp3) is 0.500. The molecule has 0 aromatic carbocycles. The lowest BCUT2D eigenvalue weighted by molar-refractivity contribution is -0.120. The van der Waals surface area contributed by atoms with Gasteiger partial charge in [0, 0.05) is 37.8 Å². The van der Waals surface area contributed by atoms with E-state index in [0.717, 1.165) is 35.3 Å². The number of piperazine rings is 1. The molecule has 10 heteroatoms. The summed E-state index contributed by atoms with van der Waals surface area (Å²) in [7, 11) is 1.85. The Bertz CT molecular complexity index is 772. The standard InChI is InChI=1S/C16H23N7OS.HI/c1-4-17-16(18-8-14-12(2)19-11-25-14)22-5-6-23(15(24)10-22)13-7-20-21(3)9-13;/h7,9,11H,4-6,8,10H2,1-3H3,(H,17,18);1H. The van der Waals surface area contributed by atoms with E-state index in [-0.39, 0.29) is 29.9 Å². The van der Waals surface area contributed by atoms with Gasteiger partial charge in [-0.1, -0.05) is 0 Å². The third-order valence-electron chi connectivity index (χ3n) is 4.08. The maximum absolute atomic E-state index is 12.6. The molecule has 0 spiro atoms. The second kappa shape index (κ2) is 9.31. The van der Waals surface area contributed by atoms with Gasteiger partial charge in [0.15, 0.2) is 5.96 Å². The highest BCUT2D eigenvalue weighted by molar-refractivity contribution is 14.0. The summed E-state index contributed by atoms with van der Waals surface area (Å²) in [4.78, 5) is 26.5. The van der Waals surface area contributed by atoms with Crippen LogP contribution in [0.2, 0.25) is 0 Å². The zero-order chi connectivity index (χ0) is 17.8. The minimum Gasteiger partial charge on any atom is -0.356 e. The highest BCUT2D eigenvalue weighted by Gasteiger charge is 2.27. The first-order chi connectivity index (χ1) is 12.1. The molecule has 0 unspecified atom stereocenters. The molecule has 3 rings (SSSR count). The fourth-order valence-electron chi connectivity index (χ4n) is 2.73. The number of aliphatic imine (C=N–C) groups is 1. The van der Waals surface area contributed by atoms with Gasteiger partial charge in [-0.25, -0.2) is 9.98 Å². The summed E-state index contributed by atoms with van der Waals surface area (Å²) < 4.78 is 1.71. The number of carbonyl (C=O) groups is 1. The quantitative estimate of drug-likeness (QED) is 0.401. The van der Waals surface area contributed by atoms with E-state index in [4.69, 9.17) is 4.99 Å². The largest absolute Gasteiger partial charge is 0.356 e. The average molecular weight is 489 g/mol. The number of amides is 1. The second-order valence-corrected chi connectivity index (χ2v) is 6.81. The average Bonchev–Trinajstić information content (AvgIpc) is 3.20. The smallest absolute Gasteiger partial charge is 0.246 e. The molecule has 1 fully saturated rings. The Kier molecular flexibility index (Phi) is 7.38. The summed E-state index contributed by atoms with van der Waals surface area (Å²) in [6.07, 6.45) is 3.58. The number of nitrogens with one attached hydrogen (secondary N) is 1. The van der Waals surface area contributed by atoms with Crippen molar-refractivity contribution in [3.8, 4) is 0 Å². The van der Waals surface area contributed by atoms with Gasteiger partial charge >= 0.3 is 0 Å². The molecule has 0 atom stereocenters. The first-order valence-corrected chi connectivity index (χ1v) is 9.17. The SMILES string of the molecule is CCNC(=NCc1scnc1C)N1CCN(c2cnn(C)c2)C(=O)C1.I. The van der Waals surface area contributed by atoms with Crippen LogP contribution in [0.15, 0.2) is 22.9 Å². The summed E-state index contributed by atoms with van der Waals surface area (Å²) in [5, 5.41) is 7.43. The van der Waals surface area contributed by atoms with Gasteiger partial charge < -0.3 is 15.1 Å². The molecule has 1 aliphatic rings. The third kappa shape index (κ3) is 4.72. The Morgan fingerprint density at radius 2 is 2.23 bits per heavy atom. The van der Waals surface area contributed by atoms with Crippen LogP contribution in [0.5, 0.6) is 0 Å². The monoisotopic (exact) mass is 489 g/mol. The molecule has 1 N–H and O–H groups in total. The van der Waals surface area contributed by atoms with Gasteiger partial charge in [0.05, 0.1) is 29.6 Å². The third-order valence-corrected chi connectivity index (χ3v) is 5.00. The number of guanidine groups is 1. The van der Waals surface area contributed by atoms with Crippen molar-refractivity contribution in [3.63, 3.8) is 0 Å². The summed E-state index contributed by atoms with van der Waals surface area (Å²) in [5.41, 5.74) is 3.69. The highest BCUT2D eigenvalue weighted by atomic mass is 127. The van der Waals surface area contributed by atoms with E-state index >= 15 is 0 Å². The lowest BCUT2D eigenvalue weighted by Gasteiger charge is -2.35. The fourth-order valence-corrected chi connectivity index (χ4v) is 3.43.